The van der Waals surface area contributed by atoms with Crippen LogP contribution in [0.25, 0.3) is 6.08 Å². The van der Waals surface area contributed by atoms with Crippen molar-refractivity contribution in [3.8, 4) is 0 Å². The molecule has 24 heavy (non-hydrogen) atoms. The van der Waals surface area contributed by atoms with Crippen LogP contribution < -0.4 is 5.56 Å². The highest BCUT2D eigenvalue weighted by molar-refractivity contribution is 5.92. The van der Waals surface area contributed by atoms with E-state index < -0.39 is 0 Å². The first-order valence-electron chi connectivity index (χ1n) is 8.19. The number of hydrogen-bond acceptors (Lipinski definition) is 3. The highest BCUT2D eigenvalue weighted by Crippen LogP contribution is 2.22. The second kappa shape index (κ2) is 6.47. The number of aromatic amines is 1. The number of likely N-dealkylation sites (tertiary alicyclic amines) is 1. The third kappa shape index (κ3) is 2.91. The lowest BCUT2D eigenvalue weighted by Crippen LogP contribution is -2.31. The van der Waals surface area contributed by atoms with Gasteiger partial charge in [0.15, 0.2) is 0 Å². The third-order valence-corrected chi connectivity index (χ3v) is 4.49. The average Bonchev–Trinajstić information content (AvgIpc) is 3.24. The molecule has 3 heterocycles. The van der Waals surface area contributed by atoms with Crippen molar-refractivity contribution in [3.05, 3.63) is 58.3 Å². The van der Waals surface area contributed by atoms with Gasteiger partial charge in [-0.1, -0.05) is 26.5 Å². The van der Waals surface area contributed by atoms with Crippen LogP contribution in [0.4, 0.5) is 0 Å². The third-order valence-electron chi connectivity index (χ3n) is 4.49. The number of aromatic nitrogens is 3. The Labute approximate surface area is 140 Å². The summed E-state index contributed by atoms with van der Waals surface area (Å²) in [5.74, 6) is 0.208. The Morgan fingerprint density at radius 2 is 2.29 bits per heavy atom. The van der Waals surface area contributed by atoms with Gasteiger partial charge in [0.05, 0.1) is 11.7 Å². The van der Waals surface area contributed by atoms with Gasteiger partial charge in [-0.3, -0.25) is 14.7 Å². The van der Waals surface area contributed by atoms with Gasteiger partial charge >= 0.3 is 0 Å². The molecule has 1 N–H and O–H groups in total. The topological polar surface area (TPSA) is 71.0 Å². The Bertz CT molecular complexity index is 818. The fourth-order valence-electron chi connectivity index (χ4n) is 3.04. The summed E-state index contributed by atoms with van der Waals surface area (Å²) in [6, 6.07) is 5.40. The number of carbonyl (C=O) groups excluding carboxylic acids is 1. The largest absolute Gasteiger partial charge is 0.335 e. The van der Waals surface area contributed by atoms with Crippen molar-refractivity contribution in [2.24, 2.45) is 0 Å². The van der Waals surface area contributed by atoms with E-state index in [1.807, 2.05) is 26.0 Å². The molecular weight excluding hydrogens is 304 g/mol. The molecule has 3 rings (SSSR count). The van der Waals surface area contributed by atoms with E-state index in [-0.39, 0.29) is 23.4 Å². The van der Waals surface area contributed by atoms with Crippen LogP contribution in [0.3, 0.4) is 0 Å². The Hall–Kier alpha value is -2.63. The molecule has 6 heteroatoms. The number of carbonyl (C=O) groups is 1. The van der Waals surface area contributed by atoms with Gasteiger partial charge in [-0.2, -0.15) is 5.10 Å². The van der Waals surface area contributed by atoms with Gasteiger partial charge in [0, 0.05) is 24.8 Å². The lowest BCUT2D eigenvalue weighted by Gasteiger charge is -2.17. The van der Waals surface area contributed by atoms with Crippen molar-refractivity contribution in [3.63, 3.8) is 0 Å². The van der Waals surface area contributed by atoms with Gasteiger partial charge in [0.2, 0.25) is 0 Å². The lowest BCUT2D eigenvalue weighted by molar-refractivity contribution is 0.0781. The number of amides is 1. The summed E-state index contributed by atoms with van der Waals surface area (Å²) in [6.07, 6.45) is 4.10. The molecule has 0 spiro atoms. The zero-order chi connectivity index (χ0) is 17.3. The fraction of sp³-hybridized carbons (Fsp3) is 0.389. The summed E-state index contributed by atoms with van der Waals surface area (Å²) in [7, 11) is 0. The first-order chi connectivity index (χ1) is 11.5. The van der Waals surface area contributed by atoms with E-state index in [0.29, 0.717) is 24.3 Å². The summed E-state index contributed by atoms with van der Waals surface area (Å²) in [5, 5.41) is 7.01. The molecule has 1 saturated heterocycles. The van der Waals surface area contributed by atoms with Crippen molar-refractivity contribution in [2.45, 2.75) is 32.2 Å². The highest BCUT2D eigenvalue weighted by atomic mass is 16.2. The van der Waals surface area contributed by atoms with Crippen molar-refractivity contribution in [2.75, 3.05) is 13.1 Å². The molecule has 1 atom stereocenters. The maximum absolute atomic E-state index is 12.6. The Morgan fingerprint density at radius 1 is 1.50 bits per heavy atom. The van der Waals surface area contributed by atoms with Crippen molar-refractivity contribution < 1.29 is 4.79 Å². The molecule has 126 valence electrons. The lowest BCUT2D eigenvalue weighted by atomic mass is 10.1. The van der Waals surface area contributed by atoms with E-state index in [1.165, 1.54) is 0 Å². The smallest absolute Gasteiger partial charge is 0.271 e. The molecule has 1 fully saturated rings. The molecule has 1 aliphatic heterocycles. The quantitative estimate of drug-likeness (QED) is 0.938. The number of nitrogens with one attached hydrogen (secondary N) is 1. The van der Waals surface area contributed by atoms with E-state index in [2.05, 4.69) is 16.8 Å². The molecule has 2 aromatic rings. The molecule has 2 aromatic heterocycles. The van der Waals surface area contributed by atoms with Crippen LogP contribution in [0, 0.1) is 0 Å². The minimum Gasteiger partial charge on any atom is -0.335 e. The minimum absolute atomic E-state index is 0.00570. The number of hydrogen-bond donors (Lipinski definition) is 1. The second-order valence-corrected chi connectivity index (χ2v) is 6.43. The molecule has 1 amide bonds. The maximum Gasteiger partial charge on any atom is 0.271 e. The number of nitrogens with zero attached hydrogens (tertiary/aromatic N) is 3. The highest BCUT2D eigenvalue weighted by Gasteiger charge is 2.29. The van der Waals surface area contributed by atoms with Crippen LogP contribution in [0.1, 0.15) is 54.0 Å². The van der Waals surface area contributed by atoms with E-state index in [0.717, 1.165) is 12.1 Å². The summed E-state index contributed by atoms with van der Waals surface area (Å²) in [4.78, 5) is 26.8. The standard InChI is InChI=1S/C18H22N4O2/c1-4-13-6-5-8-22(17(13)23)14-7-9-21(11-14)18(24)16-10-15(12(2)3)19-20-16/h4-6,8,10,12,14H,1,7,9,11H2,2-3H3,(H,19,20)/t14-/m1/s1. The second-order valence-electron chi connectivity index (χ2n) is 6.43. The first kappa shape index (κ1) is 16.2. The van der Waals surface area contributed by atoms with Gasteiger partial charge in [-0.15, -0.1) is 0 Å². The Balaban J connectivity index is 1.76. The van der Waals surface area contributed by atoms with Gasteiger partial charge in [-0.25, -0.2) is 0 Å². The number of H-pyrrole nitrogens is 1. The molecule has 0 aromatic carbocycles. The molecule has 0 aliphatic carbocycles. The van der Waals surface area contributed by atoms with Gasteiger partial charge < -0.3 is 9.47 Å². The summed E-state index contributed by atoms with van der Waals surface area (Å²) < 4.78 is 1.71. The van der Waals surface area contributed by atoms with Crippen molar-refractivity contribution >= 4 is 12.0 Å². The summed E-state index contributed by atoms with van der Waals surface area (Å²) in [5.41, 5.74) is 1.91. The van der Waals surface area contributed by atoms with E-state index >= 15 is 0 Å². The van der Waals surface area contributed by atoms with Crippen LogP contribution in [-0.4, -0.2) is 38.7 Å². The zero-order valence-corrected chi connectivity index (χ0v) is 14.0. The van der Waals surface area contributed by atoms with Gasteiger partial charge in [0.1, 0.15) is 5.69 Å². The van der Waals surface area contributed by atoms with E-state index in [1.54, 1.807) is 27.8 Å². The Morgan fingerprint density at radius 3 is 2.96 bits per heavy atom. The molecule has 0 saturated carbocycles. The average molecular weight is 326 g/mol. The van der Waals surface area contributed by atoms with E-state index in [4.69, 9.17) is 0 Å². The van der Waals surface area contributed by atoms with Crippen LogP contribution in [0.2, 0.25) is 0 Å². The van der Waals surface area contributed by atoms with E-state index in [9.17, 15) is 9.59 Å². The molecule has 1 aliphatic rings. The fourth-order valence-corrected chi connectivity index (χ4v) is 3.04. The first-order valence-corrected chi connectivity index (χ1v) is 8.19. The SMILES string of the molecule is C=Cc1cccn([C@@H]2CCN(C(=O)c3cc(C(C)C)n[nH]3)C2)c1=O. The zero-order valence-electron chi connectivity index (χ0n) is 14.0. The van der Waals surface area contributed by atoms with Crippen LogP contribution in [0.15, 0.2) is 35.8 Å². The molecule has 6 nitrogen and oxygen atoms in total. The minimum atomic E-state index is -0.0650. The van der Waals surface area contributed by atoms with Crippen molar-refractivity contribution in [1.82, 2.24) is 19.7 Å². The van der Waals surface area contributed by atoms with Gasteiger partial charge in [0.25, 0.3) is 11.5 Å². The number of pyridine rings is 1. The molecule has 0 unspecified atom stereocenters. The van der Waals surface area contributed by atoms with Crippen LogP contribution in [-0.2, 0) is 0 Å². The summed E-state index contributed by atoms with van der Waals surface area (Å²) >= 11 is 0. The monoisotopic (exact) mass is 326 g/mol. The number of rotatable bonds is 4. The predicted octanol–water partition coefficient (Wildman–Crippen LogP) is 2.42. The molecule has 0 bridgehead atoms. The normalized spacial score (nSPS) is 17.5. The summed E-state index contributed by atoms with van der Waals surface area (Å²) in [6.45, 7) is 8.90. The molecule has 0 radical (unpaired) electrons. The molecular formula is C18H22N4O2. The van der Waals surface area contributed by atoms with Gasteiger partial charge in [-0.05, 0) is 30.5 Å². The Kier molecular flexibility index (Phi) is 4.38. The predicted molar refractivity (Wildman–Crippen MR) is 93.0 cm³/mol. The maximum atomic E-state index is 12.6. The van der Waals surface area contributed by atoms with Crippen LogP contribution >= 0.6 is 0 Å². The van der Waals surface area contributed by atoms with Crippen molar-refractivity contribution in [1.29, 1.82) is 0 Å². The van der Waals surface area contributed by atoms with Crippen LogP contribution in [0.5, 0.6) is 0 Å².